The first-order chi connectivity index (χ1) is 7.33. The van der Waals surface area contributed by atoms with Crippen molar-refractivity contribution in [1.82, 2.24) is 5.32 Å². The van der Waals surface area contributed by atoms with E-state index < -0.39 is 0 Å². The molecule has 0 spiro atoms. The van der Waals surface area contributed by atoms with Gasteiger partial charge in [-0.15, -0.1) is 0 Å². The number of hydrogen-bond donors (Lipinski definition) is 1. The molecule has 2 heteroatoms. The fourth-order valence-corrected chi connectivity index (χ4v) is 2.31. The molecule has 1 atom stereocenters. The average molecular weight is 213 g/mol. The van der Waals surface area contributed by atoms with Crippen molar-refractivity contribution in [3.05, 3.63) is 0 Å². The van der Waals surface area contributed by atoms with E-state index in [2.05, 4.69) is 19.2 Å². The molecular formula is C13H27NO. The number of ether oxygens (including phenoxy) is 1. The van der Waals surface area contributed by atoms with Gasteiger partial charge >= 0.3 is 0 Å². The van der Waals surface area contributed by atoms with Gasteiger partial charge in [0.15, 0.2) is 0 Å². The van der Waals surface area contributed by atoms with Crippen LogP contribution < -0.4 is 5.32 Å². The minimum absolute atomic E-state index is 0.310. The molecule has 1 rings (SSSR count). The van der Waals surface area contributed by atoms with Gasteiger partial charge in [-0.3, -0.25) is 5.32 Å². The lowest BCUT2D eigenvalue weighted by atomic mass is 9.91. The number of nitrogens with one attached hydrogen (secondary N) is 1. The van der Waals surface area contributed by atoms with E-state index in [9.17, 15) is 0 Å². The molecule has 1 saturated heterocycles. The Kier molecular flexibility index (Phi) is 6.26. The summed E-state index contributed by atoms with van der Waals surface area (Å²) in [7, 11) is 0. The second-order valence-corrected chi connectivity index (χ2v) is 4.82. The van der Waals surface area contributed by atoms with E-state index in [1.807, 2.05) is 0 Å². The average Bonchev–Trinajstić information content (AvgIpc) is 2.73. The molecule has 0 aliphatic carbocycles. The Labute approximate surface area is 94.8 Å². The molecule has 0 aromatic heterocycles. The van der Waals surface area contributed by atoms with Gasteiger partial charge in [0.05, 0.1) is 13.3 Å². The normalized spacial score (nSPS) is 26.0. The fourth-order valence-electron chi connectivity index (χ4n) is 2.31. The second-order valence-electron chi connectivity index (χ2n) is 4.82. The molecule has 1 N–H and O–H groups in total. The molecule has 15 heavy (non-hydrogen) atoms. The molecule has 1 aliphatic heterocycles. The first-order valence-corrected chi connectivity index (χ1v) is 6.66. The van der Waals surface area contributed by atoms with Crippen molar-refractivity contribution >= 4 is 0 Å². The standard InChI is InChI=1S/C13H27NO/c1-3-5-6-7-8-9-10-13(4-2)11-15-12-14-13/h14H,3-12H2,1-2H3. The van der Waals surface area contributed by atoms with Crippen LogP contribution in [0.4, 0.5) is 0 Å². The Balaban J connectivity index is 2.02. The third kappa shape index (κ3) is 4.52. The highest BCUT2D eigenvalue weighted by Crippen LogP contribution is 2.23. The van der Waals surface area contributed by atoms with Gasteiger partial charge in [-0.1, -0.05) is 52.4 Å². The first kappa shape index (κ1) is 13.0. The van der Waals surface area contributed by atoms with Crippen LogP contribution in [0.1, 0.15) is 65.2 Å². The second kappa shape index (κ2) is 7.24. The predicted molar refractivity (Wildman–Crippen MR) is 65.0 cm³/mol. The van der Waals surface area contributed by atoms with Gasteiger partial charge in [-0.05, 0) is 12.8 Å². The van der Waals surface area contributed by atoms with E-state index in [0.29, 0.717) is 5.54 Å². The quantitative estimate of drug-likeness (QED) is 0.623. The third-order valence-corrected chi connectivity index (χ3v) is 3.61. The van der Waals surface area contributed by atoms with Crippen molar-refractivity contribution in [3.8, 4) is 0 Å². The van der Waals surface area contributed by atoms with E-state index in [4.69, 9.17) is 4.74 Å². The van der Waals surface area contributed by atoms with Crippen molar-refractivity contribution < 1.29 is 4.74 Å². The summed E-state index contributed by atoms with van der Waals surface area (Å²) in [4.78, 5) is 0. The Morgan fingerprint density at radius 1 is 1.07 bits per heavy atom. The summed E-state index contributed by atoms with van der Waals surface area (Å²) in [6.45, 7) is 6.20. The number of rotatable bonds is 8. The molecule has 1 aliphatic rings. The first-order valence-electron chi connectivity index (χ1n) is 6.66. The Bertz CT molecular complexity index is 153. The van der Waals surface area contributed by atoms with E-state index in [0.717, 1.165) is 13.3 Å². The topological polar surface area (TPSA) is 21.3 Å². The van der Waals surface area contributed by atoms with Gasteiger partial charge in [0.2, 0.25) is 0 Å². The van der Waals surface area contributed by atoms with Crippen molar-refractivity contribution in [2.75, 3.05) is 13.3 Å². The molecule has 0 saturated carbocycles. The zero-order valence-electron chi connectivity index (χ0n) is 10.5. The van der Waals surface area contributed by atoms with Crippen LogP contribution in [0, 0.1) is 0 Å². The number of hydrogen-bond acceptors (Lipinski definition) is 2. The Hall–Kier alpha value is -0.0800. The summed E-state index contributed by atoms with van der Waals surface area (Å²) in [6, 6.07) is 0. The predicted octanol–water partition coefficient (Wildman–Crippen LogP) is 3.46. The maximum absolute atomic E-state index is 5.44. The summed E-state index contributed by atoms with van der Waals surface area (Å²) in [5.41, 5.74) is 0.310. The van der Waals surface area contributed by atoms with Gasteiger partial charge in [0, 0.05) is 5.54 Å². The molecular weight excluding hydrogens is 186 g/mol. The van der Waals surface area contributed by atoms with E-state index in [-0.39, 0.29) is 0 Å². The maximum Gasteiger partial charge on any atom is 0.0971 e. The maximum atomic E-state index is 5.44. The Morgan fingerprint density at radius 3 is 2.40 bits per heavy atom. The van der Waals surface area contributed by atoms with Crippen LogP contribution in [-0.4, -0.2) is 18.9 Å². The minimum Gasteiger partial charge on any atom is -0.364 e. The fraction of sp³-hybridized carbons (Fsp3) is 1.00. The SMILES string of the molecule is CCCCCCCCC1(CC)COCN1. The summed E-state index contributed by atoms with van der Waals surface area (Å²) >= 11 is 0. The minimum atomic E-state index is 0.310. The highest BCUT2D eigenvalue weighted by atomic mass is 16.5. The van der Waals surface area contributed by atoms with Crippen molar-refractivity contribution in [3.63, 3.8) is 0 Å². The summed E-state index contributed by atoms with van der Waals surface area (Å²) in [5.74, 6) is 0. The van der Waals surface area contributed by atoms with Crippen molar-refractivity contribution in [2.45, 2.75) is 70.8 Å². The van der Waals surface area contributed by atoms with Gasteiger partial charge in [-0.25, -0.2) is 0 Å². The van der Waals surface area contributed by atoms with Crippen LogP contribution in [-0.2, 0) is 4.74 Å². The molecule has 0 aromatic carbocycles. The van der Waals surface area contributed by atoms with E-state index >= 15 is 0 Å². The smallest absolute Gasteiger partial charge is 0.0971 e. The van der Waals surface area contributed by atoms with Crippen molar-refractivity contribution in [2.24, 2.45) is 0 Å². The lowest BCUT2D eigenvalue weighted by Crippen LogP contribution is -2.41. The van der Waals surface area contributed by atoms with Gasteiger partial charge < -0.3 is 4.74 Å². The van der Waals surface area contributed by atoms with Crippen LogP contribution in [0.25, 0.3) is 0 Å². The lowest BCUT2D eigenvalue weighted by molar-refractivity contribution is 0.171. The lowest BCUT2D eigenvalue weighted by Gasteiger charge is -2.26. The summed E-state index contributed by atoms with van der Waals surface area (Å²) < 4.78 is 5.44. The zero-order chi connectivity index (χ0) is 11.0. The van der Waals surface area contributed by atoms with Crippen LogP contribution in [0.3, 0.4) is 0 Å². The summed E-state index contributed by atoms with van der Waals surface area (Å²) in [5, 5.41) is 3.50. The molecule has 1 heterocycles. The van der Waals surface area contributed by atoms with E-state index in [1.165, 1.54) is 51.4 Å². The largest absolute Gasteiger partial charge is 0.364 e. The molecule has 0 aromatic rings. The van der Waals surface area contributed by atoms with E-state index in [1.54, 1.807) is 0 Å². The van der Waals surface area contributed by atoms with Crippen LogP contribution in [0.15, 0.2) is 0 Å². The number of unbranched alkanes of at least 4 members (excludes halogenated alkanes) is 5. The molecule has 2 nitrogen and oxygen atoms in total. The molecule has 90 valence electrons. The highest BCUT2D eigenvalue weighted by Gasteiger charge is 2.31. The highest BCUT2D eigenvalue weighted by molar-refractivity contribution is 4.88. The van der Waals surface area contributed by atoms with Crippen LogP contribution in [0.2, 0.25) is 0 Å². The molecule has 0 radical (unpaired) electrons. The Morgan fingerprint density at radius 2 is 1.80 bits per heavy atom. The van der Waals surface area contributed by atoms with Gasteiger partial charge in [0.25, 0.3) is 0 Å². The molecule has 0 bridgehead atoms. The summed E-state index contributed by atoms with van der Waals surface area (Å²) in [6.07, 6.45) is 10.8. The van der Waals surface area contributed by atoms with Gasteiger partial charge in [0.1, 0.15) is 0 Å². The monoisotopic (exact) mass is 213 g/mol. The molecule has 1 unspecified atom stereocenters. The van der Waals surface area contributed by atoms with Crippen LogP contribution in [0.5, 0.6) is 0 Å². The molecule has 1 fully saturated rings. The van der Waals surface area contributed by atoms with Crippen molar-refractivity contribution in [1.29, 1.82) is 0 Å². The third-order valence-electron chi connectivity index (χ3n) is 3.61. The van der Waals surface area contributed by atoms with Gasteiger partial charge in [-0.2, -0.15) is 0 Å². The zero-order valence-corrected chi connectivity index (χ0v) is 10.5. The molecule has 0 amide bonds. The van der Waals surface area contributed by atoms with Crippen LogP contribution >= 0.6 is 0 Å².